The van der Waals surface area contributed by atoms with Crippen molar-refractivity contribution in [3.63, 3.8) is 0 Å². The van der Waals surface area contributed by atoms with Crippen molar-refractivity contribution in [2.75, 3.05) is 0 Å². The Hall–Kier alpha value is -3.80. The van der Waals surface area contributed by atoms with Crippen molar-refractivity contribution in [2.24, 2.45) is 0 Å². The molecule has 1 aliphatic heterocycles. The third-order valence-electron chi connectivity index (χ3n) is 5.15. The SMILES string of the molecule is Cc1ccc(C2C(=C([O-])c3ccc(F)cc3)C(=O)C(=O)N2Cc2ccc[nH+]c2)cc1. The second-order valence-corrected chi connectivity index (χ2v) is 7.24. The van der Waals surface area contributed by atoms with Crippen LogP contribution in [0.3, 0.4) is 0 Å². The number of likely N-dealkylation sites (tertiary alicyclic amines) is 1. The van der Waals surface area contributed by atoms with Gasteiger partial charge in [-0.2, -0.15) is 0 Å². The second-order valence-electron chi connectivity index (χ2n) is 7.24. The number of nitrogens with zero attached hydrogens (tertiary/aromatic N) is 1. The van der Waals surface area contributed by atoms with Crippen LogP contribution in [0.1, 0.15) is 28.3 Å². The predicted molar refractivity (Wildman–Crippen MR) is 106 cm³/mol. The van der Waals surface area contributed by atoms with Crippen molar-refractivity contribution in [2.45, 2.75) is 19.5 Å². The van der Waals surface area contributed by atoms with Crippen molar-refractivity contribution in [3.05, 3.63) is 107 Å². The summed E-state index contributed by atoms with van der Waals surface area (Å²) >= 11 is 0. The van der Waals surface area contributed by atoms with Crippen LogP contribution in [0.4, 0.5) is 4.39 Å². The molecule has 1 amide bonds. The number of ketones is 1. The normalized spacial score (nSPS) is 18.1. The minimum Gasteiger partial charge on any atom is -0.872 e. The fraction of sp³-hybridized carbons (Fsp3) is 0.125. The Kier molecular flexibility index (Phi) is 5.14. The maximum Gasteiger partial charge on any atom is 0.295 e. The molecule has 4 rings (SSSR count). The fourth-order valence-corrected chi connectivity index (χ4v) is 3.61. The number of Topliss-reactive ketones (excluding diaryl/α,β-unsaturated/α-hetero) is 1. The maximum atomic E-state index is 13.3. The van der Waals surface area contributed by atoms with Crippen LogP contribution in [0.15, 0.2) is 78.6 Å². The Morgan fingerprint density at radius 3 is 2.40 bits per heavy atom. The van der Waals surface area contributed by atoms with Gasteiger partial charge < -0.3 is 10.0 Å². The number of carbonyl (C=O) groups excluding carboxylic acids is 2. The van der Waals surface area contributed by atoms with Gasteiger partial charge in [-0.25, -0.2) is 9.37 Å². The number of aromatic nitrogens is 1. The quantitative estimate of drug-likeness (QED) is 0.382. The van der Waals surface area contributed by atoms with Crippen LogP contribution >= 0.6 is 0 Å². The Labute approximate surface area is 173 Å². The molecule has 0 aliphatic carbocycles. The smallest absolute Gasteiger partial charge is 0.295 e. The summed E-state index contributed by atoms with van der Waals surface area (Å²) in [6, 6.07) is 15.2. The molecule has 150 valence electrons. The predicted octanol–water partition coefficient (Wildman–Crippen LogP) is 2.37. The lowest BCUT2D eigenvalue weighted by Crippen LogP contribution is -2.29. The monoisotopic (exact) mass is 402 g/mol. The Morgan fingerprint density at radius 1 is 1.07 bits per heavy atom. The molecular formula is C24H19FN2O3. The lowest BCUT2D eigenvalue weighted by Gasteiger charge is -2.27. The summed E-state index contributed by atoms with van der Waals surface area (Å²) < 4.78 is 13.3. The van der Waals surface area contributed by atoms with Gasteiger partial charge in [0.15, 0.2) is 12.4 Å². The van der Waals surface area contributed by atoms with E-state index in [9.17, 15) is 19.1 Å². The first-order valence-corrected chi connectivity index (χ1v) is 9.49. The van der Waals surface area contributed by atoms with E-state index in [1.807, 2.05) is 37.3 Å². The first-order chi connectivity index (χ1) is 14.5. The number of rotatable bonds is 4. The number of hydrogen-bond acceptors (Lipinski definition) is 3. The number of pyridine rings is 1. The number of H-pyrrole nitrogens is 1. The number of aryl methyl sites for hydroxylation is 1. The third-order valence-corrected chi connectivity index (χ3v) is 5.15. The highest BCUT2D eigenvalue weighted by Crippen LogP contribution is 2.39. The molecule has 0 saturated carbocycles. The van der Waals surface area contributed by atoms with Crippen molar-refractivity contribution in [1.82, 2.24) is 4.90 Å². The zero-order chi connectivity index (χ0) is 21.3. The molecule has 1 N–H and O–H groups in total. The highest BCUT2D eigenvalue weighted by molar-refractivity contribution is 6.46. The van der Waals surface area contributed by atoms with Crippen LogP contribution in [0.25, 0.3) is 5.76 Å². The van der Waals surface area contributed by atoms with Gasteiger partial charge in [-0.15, -0.1) is 0 Å². The third kappa shape index (κ3) is 3.59. The van der Waals surface area contributed by atoms with Crippen LogP contribution in [-0.2, 0) is 16.1 Å². The Morgan fingerprint density at radius 2 is 1.77 bits per heavy atom. The van der Waals surface area contributed by atoms with E-state index in [1.165, 1.54) is 17.0 Å². The maximum absolute atomic E-state index is 13.3. The van der Waals surface area contributed by atoms with Crippen LogP contribution in [-0.4, -0.2) is 16.6 Å². The molecule has 2 heterocycles. The van der Waals surface area contributed by atoms with E-state index < -0.39 is 29.3 Å². The highest BCUT2D eigenvalue weighted by atomic mass is 19.1. The molecule has 6 heteroatoms. The summed E-state index contributed by atoms with van der Waals surface area (Å²) in [5.74, 6) is -2.60. The molecule has 1 unspecified atom stereocenters. The van der Waals surface area contributed by atoms with Crippen molar-refractivity contribution >= 4 is 17.4 Å². The summed E-state index contributed by atoms with van der Waals surface area (Å²) in [5.41, 5.74) is 2.54. The van der Waals surface area contributed by atoms with Crippen LogP contribution in [0.5, 0.6) is 0 Å². The van der Waals surface area contributed by atoms with E-state index in [-0.39, 0.29) is 17.7 Å². The van der Waals surface area contributed by atoms with Gasteiger partial charge in [0.25, 0.3) is 5.91 Å². The fourth-order valence-electron chi connectivity index (χ4n) is 3.61. The van der Waals surface area contributed by atoms with E-state index in [2.05, 4.69) is 4.98 Å². The van der Waals surface area contributed by atoms with Crippen LogP contribution in [0.2, 0.25) is 0 Å². The molecule has 1 fully saturated rings. The van der Waals surface area contributed by atoms with Crippen molar-refractivity contribution in [1.29, 1.82) is 0 Å². The van der Waals surface area contributed by atoms with Gasteiger partial charge in [0.05, 0.1) is 12.6 Å². The number of amides is 1. The van der Waals surface area contributed by atoms with Crippen molar-refractivity contribution < 1.29 is 24.1 Å². The van der Waals surface area contributed by atoms with Gasteiger partial charge in [0, 0.05) is 17.2 Å². The molecule has 1 aliphatic rings. The second kappa shape index (κ2) is 7.91. The average molecular weight is 402 g/mol. The number of carbonyl (C=O) groups is 2. The van der Waals surface area contributed by atoms with Gasteiger partial charge in [-0.1, -0.05) is 47.7 Å². The van der Waals surface area contributed by atoms with E-state index in [0.717, 1.165) is 23.3 Å². The first kappa shape index (κ1) is 19.5. The van der Waals surface area contributed by atoms with Gasteiger partial charge in [0.2, 0.25) is 5.78 Å². The zero-order valence-corrected chi connectivity index (χ0v) is 16.3. The molecule has 5 nitrogen and oxygen atoms in total. The minimum absolute atomic E-state index is 0.115. The number of aromatic amines is 1. The molecule has 1 saturated heterocycles. The highest BCUT2D eigenvalue weighted by Gasteiger charge is 2.44. The van der Waals surface area contributed by atoms with Gasteiger partial charge >= 0.3 is 0 Å². The minimum atomic E-state index is -0.824. The Balaban J connectivity index is 1.85. The average Bonchev–Trinajstić information content (AvgIpc) is 3.00. The van der Waals surface area contributed by atoms with Gasteiger partial charge in [0.1, 0.15) is 5.82 Å². The standard InChI is InChI=1S/C24H19FN2O3/c1-15-4-6-17(7-5-15)21-20(22(28)18-8-10-19(25)11-9-18)23(29)24(30)27(21)14-16-3-2-12-26-13-16/h2-13,21,28H,14H2,1H3. The number of benzene rings is 2. The lowest BCUT2D eigenvalue weighted by atomic mass is 9.94. The number of halogens is 1. The largest absolute Gasteiger partial charge is 0.872 e. The number of nitrogens with one attached hydrogen (secondary N) is 1. The van der Waals surface area contributed by atoms with Crippen molar-refractivity contribution in [3.8, 4) is 0 Å². The summed E-state index contributed by atoms with van der Waals surface area (Å²) in [7, 11) is 0. The molecule has 3 aromatic rings. The van der Waals surface area contributed by atoms with Gasteiger partial charge in [-0.05, 0) is 36.2 Å². The summed E-state index contributed by atoms with van der Waals surface area (Å²) in [4.78, 5) is 30.2. The first-order valence-electron chi connectivity index (χ1n) is 9.49. The molecule has 2 aromatic carbocycles. The lowest BCUT2D eigenvalue weighted by molar-refractivity contribution is -0.378. The topological polar surface area (TPSA) is 74.6 Å². The molecule has 0 spiro atoms. The molecule has 1 aromatic heterocycles. The van der Waals surface area contributed by atoms with Gasteiger partial charge in [-0.3, -0.25) is 9.59 Å². The summed E-state index contributed by atoms with van der Waals surface area (Å²) in [6.07, 6.45) is 3.48. The van der Waals surface area contributed by atoms with Crippen LogP contribution in [0, 0.1) is 12.7 Å². The summed E-state index contributed by atoms with van der Waals surface area (Å²) in [6.45, 7) is 2.10. The molecule has 30 heavy (non-hydrogen) atoms. The van der Waals surface area contributed by atoms with E-state index >= 15 is 0 Å². The van der Waals surface area contributed by atoms with E-state index in [0.29, 0.717) is 5.56 Å². The van der Waals surface area contributed by atoms with E-state index in [4.69, 9.17) is 0 Å². The number of hydrogen-bond donors (Lipinski definition) is 0. The summed E-state index contributed by atoms with van der Waals surface area (Å²) in [5, 5.41) is 13.2. The molecule has 1 atom stereocenters. The molecule has 0 bridgehead atoms. The van der Waals surface area contributed by atoms with Crippen LogP contribution < -0.4 is 10.1 Å². The Bertz CT molecular complexity index is 1120. The molecular weight excluding hydrogens is 383 g/mol. The molecule has 0 radical (unpaired) electrons. The van der Waals surface area contributed by atoms with E-state index in [1.54, 1.807) is 18.5 Å². The zero-order valence-electron chi connectivity index (χ0n) is 16.3.